The van der Waals surface area contributed by atoms with Gasteiger partial charge in [0.1, 0.15) is 5.56 Å². The van der Waals surface area contributed by atoms with Gasteiger partial charge in [-0.2, -0.15) is 0 Å². The lowest BCUT2D eigenvalue weighted by Gasteiger charge is -2.12. The highest BCUT2D eigenvalue weighted by molar-refractivity contribution is 5.94. The number of pyridine rings is 2. The van der Waals surface area contributed by atoms with Crippen molar-refractivity contribution >= 4 is 5.91 Å². The number of aromatic nitrogens is 2. The fraction of sp³-hybridized carbons (Fsp3) is 0.312. The zero-order valence-electron chi connectivity index (χ0n) is 12.2. The van der Waals surface area contributed by atoms with Crippen molar-refractivity contribution in [1.82, 2.24) is 15.3 Å². The van der Waals surface area contributed by atoms with Gasteiger partial charge in [-0.3, -0.25) is 14.6 Å². The number of carbonyl (C=O) groups is 1. The van der Waals surface area contributed by atoms with E-state index < -0.39 is 0 Å². The van der Waals surface area contributed by atoms with Gasteiger partial charge in [-0.05, 0) is 37.6 Å². The summed E-state index contributed by atoms with van der Waals surface area (Å²) >= 11 is 0. The number of nitrogens with zero attached hydrogens (tertiary/aromatic N) is 1. The first-order valence-electron chi connectivity index (χ1n) is 7.06. The summed E-state index contributed by atoms with van der Waals surface area (Å²) in [6.07, 6.45) is 5.18. The molecule has 0 aliphatic heterocycles. The van der Waals surface area contributed by atoms with E-state index in [2.05, 4.69) is 22.2 Å². The second-order valence-electron chi connectivity index (χ2n) is 5.01. The number of aromatic amines is 1. The number of hydrogen-bond donors (Lipinski definition) is 2. The predicted octanol–water partition coefficient (Wildman–Crippen LogP) is 2.36. The Morgan fingerprint density at radius 2 is 2.00 bits per heavy atom. The third-order valence-electron chi connectivity index (χ3n) is 3.24. The number of H-pyrrole nitrogens is 1. The zero-order chi connectivity index (χ0) is 15.2. The van der Waals surface area contributed by atoms with Gasteiger partial charge in [0.05, 0.1) is 0 Å². The number of amides is 1. The molecular weight excluding hydrogens is 266 g/mol. The molecule has 0 aromatic carbocycles. The minimum atomic E-state index is -0.384. The molecule has 2 aromatic heterocycles. The standard InChI is InChI=1S/C16H19N3O2/c1-3-4-11(2)18-15(20)13-5-6-14(19-16(13)21)12-7-9-17-10-8-12/h5-11H,3-4H2,1-2H3,(H,18,20)(H,19,21)/t11-/m0/s1. The van der Waals surface area contributed by atoms with Crippen molar-refractivity contribution in [2.24, 2.45) is 0 Å². The maximum atomic E-state index is 12.1. The first kappa shape index (κ1) is 15.0. The molecule has 2 heterocycles. The molecule has 0 spiro atoms. The topological polar surface area (TPSA) is 74.8 Å². The molecule has 1 amide bonds. The highest BCUT2D eigenvalue weighted by Crippen LogP contribution is 2.13. The Balaban J connectivity index is 2.20. The summed E-state index contributed by atoms with van der Waals surface area (Å²) in [6.45, 7) is 3.99. The molecule has 0 aliphatic carbocycles. The Kier molecular flexibility index (Phi) is 4.87. The average molecular weight is 285 g/mol. The van der Waals surface area contributed by atoms with Crippen LogP contribution in [0.2, 0.25) is 0 Å². The number of hydrogen-bond acceptors (Lipinski definition) is 3. The van der Waals surface area contributed by atoms with E-state index in [9.17, 15) is 9.59 Å². The van der Waals surface area contributed by atoms with Crippen LogP contribution in [-0.4, -0.2) is 21.9 Å². The summed E-state index contributed by atoms with van der Waals surface area (Å²) in [4.78, 5) is 30.8. The van der Waals surface area contributed by atoms with Crippen molar-refractivity contribution < 1.29 is 4.79 Å². The second kappa shape index (κ2) is 6.83. The summed E-state index contributed by atoms with van der Waals surface area (Å²) in [5.41, 5.74) is 1.27. The summed E-state index contributed by atoms with van der Waals surface area (Å²) in [5, 5.41) is 2.83. The SMILES string of the molecule is CCC[C@H](C)NC(=O)c1ccc(-c2ccncc2)[nH]c1=O. The van der Waals surface area contributed by atoms with E-state index in [0.717, 1.165) is 18.4 Å². The van der Waals surface area contributed by atoms with E-state index in [1.807, 2.05) is 6.92 Å². The van der Waals surface area contributed by atoms with Gasteiger partial charge in [-0.1, -0.05) is 13.3 Å². The molecule has 5 nitrogen and oxygen atoms in total. The molecular formula is C16H19N3O2. The van der Waals surface area contributed by atoms with Crippen molar-refractivity contribution in [2.75, 3.05) is 0 Å². The molecule has 21 heavy (non-hydrogen) atoms. The Morgan fingerprint density at radius 1 is 1.29 bits per heavy atom. The Hall–Kier alpha value is -2.43. The fourth-order valence-corrected chi connectivity index (χ4v) is 2.16. The zero-order valence-corrected chi connectivity index (χ0v) is 12.2. The summed E-state index contributed by atoms with van der Waals surface area (Å²) < 4.78 is 0. The van der Waals surface area contributed by atoms with Crippen LogP contribution in [0.15, 0.2) is 41.5 Å². The molecule has 2 rings (SSSR count). The molecule has 1 atom stereocenters. The van der Waals surface area contributed by atoms with Crippen LogP contribution >= 0.6 is 0 Å². The van der Waals surface area contributed by atoms with Crippen LogP contribution in [0.1, 0.15) is 37.0 Å². The van der Waals surface area contributed by atoms with E-state index in [1.54, 1.807) is 36.7 Å². The monoisotopic (exact) mass is 285 g/mol. The average Bonchev–Trinajstić information content (AvgIpc) is 2.48. The van der Waals surface area contributed by atoms with Gasteiger partial charge < -0.3 is 10.3 Å². The number of rotatable bonds is 5. The summed E-state index contributed by atoms with van der Waals surface area (Å²) in [5.74, 6) is -0.335. The van der Waals surface area contributed by atoms with Crippen LogP contribution in [0.5, 0.6) is 0 Å². The Morgan fingerprint density at radius 3 is 2.62 bits per heavy atom. The molecule has 0 radical (unpaired) electrons. The normalized spacial score (nSPS) is 11.9. The second-order valence-corrected chi connectivity index (χ2v) is 5.01. The lowest BCUT2D eigenvalue weighted by atomic mass is 10.1. The third-order valence-corrected chi connectivity index (χ3v) is 3.24. The first-order valence-corrected chi connectivity index (χ1v) is 7.06. The maximum absolute atomic E-state index is 12.1. The molecule has 110 valence electrons. The van der Waals surface area contributed by atoms with Gasteiger partial charge in [-0.15, -0.1) is 0 Å². The van der Waals surface area contributed by atoms with Crippen molar-refractivity contribution in [2.45, 2.75) is 32.7 Å². The van der Waals surface area contributed by atoms with E-state index in [1.165, 1.54) is 0 Å². The minimum absolute atomic E-state index is 0.0572. The number of nitrogens with one attached hydrogen (secondary N) is 2. The molecule has 5 heteroatoms. The van der Waals surface area contributed by atoms with Gasteiger partial charge >= 0.3 is 0 Å². The van der Waals surface area contributed by atoms with Gasteiger partial charge in [-0.25, -0.2) is 0 Å². The van der Waals surface area contributed by atoms with Gasteiger partial charge in [0.2, 0.25) is 0 Å². The molecule has 2 aromatic rings. The molecule has 0 saturated carbocycles. The smallest absolute Gasteiger partial charge is 0.261 e. The predicted molar refractivity (Wildman–Crippen MR) is 82.1 cm³/mol. The molecule has 0 unspecified atom stereocenters. The summed E-state index contributed by atoms with van der Waals surface area (Å²) in [6, 6.07) is 6.95. The lowest BCUT2D eigenvalue weighted by molar-refractivity contribution is 0.0937. The number of carbonyl (C=O) groups excluding carboxylic acids is 1. The Bertz CT molecular complexity index is 665. The van der Waals surface area contributed by atoms with E-state index >= 15 is 0 Å². The minimum Gasteiger partial charge on any atom is -0.349 e. The van der Waals surface area contributed by atoms with Crippen LogP contribution in [0, 0.1) is 0 Å². The van der Waals surface area contributed by atoms with Crippen molar-refractivity contribution in [3.05, 3.63) is 52.6 Å². The Labute approximate surface area is 123 Å². The highest BCUT2D eigenvalue weighted by Gasteiger charge is 2.13. The molecule has 0 saturated heterocycles. The molecule has 0 aliphatic rings. The van der Waals surface area contributed by atoms with Crippen molar-refractivity contribution in [3.63, 3.8) is 0 Å². The first-order chi connectivity index (χ1) is 10.1. The molecule has 2 N–H and O–H groups in total. The van der Waals surface area contributed by atoms with E-state index in [4.69, 9.17) is 0 Å². The lowest BCUT2D eigenvalue weighted by Crippen LogP contribution is -2.35. The van der Waals surface area contributed by atoms with Gasteiger partial charge in [0.15, 0.2) is 0 Å². The van der Waals surface area contributed by atoms with Crippen molar-refractivity contribution in [1.29, 1.82) is 0 Å². The van der Waals surface area contributed by atoms with E-state index in [0.29, 0.717) is 5.69 Å². The van der Waals surface area contributed by atoms with Crippen LogP contribution in [0.3, 0.4) is 0 Å². The van der Waals surface area contributed by atoms with E-state index in [-0.39, 0.29) is 23.1 Å². The van der Waals surface area contributed by atoms with Crippen LogP contribution in [-0.2, 0) is 0 Å². The van der Waals surface area contributed by atoms with Crippen molar-refractivity contribution in [3.8, 4) is 11.3 Å². The van der Waals surface area contributed by atoms with Gasteiger partial charge in [0, 0.05) is 29.7 Å². The summed E-state index contributed by atoms with van der Waals surface area (Å²) in [7, 11) is 0. The quantitative estimate of drug-likeness (QED) is 0.885. The van der Waals surface area contributed by atoms with Gasteiger partial charge in [0.25, 0.3) is 11.5 Å². The molecule has 0 bridgehead atoms. The maximum Gasteiger partial charge on any atom is 0.261 e. The third kappa shape index (κ3) is 3.78. The van der Waals surface area contributed by atoms with Crippen LogP contribution < -0.4 is 10.9 Å². The molecule has 0 fully saturated rings. The van der Waals surface area contributed by atoms with Crippen LogP contribution in [0.4, 0.5) is 0 Å². The highest BCUT2D eigenvalue weighted by atomic mass is 16.2. The largest absolute Gasteiger partial charge is 0.349 e. The van der Waals surface area contributed by atoms with Crippen LogP contribution in [0.25, 0.3) is 11.3 Å². The fourth-order valence-electron chi connectivity index (χ4n) is 2.16.